The molecule has 0 spiro atoms. The Morgan fingerprint density at radius 1 is 1.03 bits per heavy atom. The van der Waals surface area contributed by atoms with Crippen LogP contribution in [0.4, 0.5) is 17.2 Å². The summed E-state index contributed by atoms with van der Waals surface area (Å²) in [6, 6.07) is 14.8. The molecule has 0 saturated heterocycles. The molecule has 0 aliphatic carbocycles. The first-order chi connectivity index (χ1) is 14.0. The van der Waals surface area contributed by atoms with Gasteiger partial charge in [-0.15, -0.1) is 0 Å². The maximum atomic E-state index is 11.8. The first-order valence-electron chi connectivity index (χ1n) is 8.88. The van der Waals surface area contributed by atoms with E-state index in [-0.39, 0.29) is 17.4 Å². The lowest BCUT2D eigenvalue weighted by atomic mass is 10.1. The summed E-state index contributed by atoms with van der Waals surface area (Å²) in [7, 11) is 0. The van der Waals surface area contributed by atoms with E-state index in [9.17, 15) is 10.1 Å². The molecule has 2 heterocycles. The van der Waals surface area contributed by atoms with E-state index in [4.69, 9.17) is 4.74 Å². The van der Waals surface area contributed by atoms with Gasteiger partial charge in [-0.3, -0.25) is 15.1 Å². The zero-order chi connectivity index (χ0) is 20.4. The summed E-state index contributed by atoms with van der Waals surface area (Å²) in [5, 5.41) is 15.7. The van der Waals surface area contributed by atoms with Crippen molar-refractivity contribution in [2.75, 3.05) is 5.32 Å². The lowest BCUT2D eigenvalue weighted by Crippen LogP contribution is -2.04. The third-order valence-corrected chi connectivity index (χ3v) is 4.41. The van der Waals surface area contributed by atoms with Gasteiger partial charge in [0.2, 0.25) is 5.82 Å². The fourth-order valence-electron chi connectivity index (χ4n) is 3.04. The standard InChI is InChI=1S/C21H17N5O3/c1-13-8-9-16(14(2)11-13)25-20-19(26(27)28)21(24-12-23-20)29-17-7-3-5-15-6-4-10-22-18(15)17/h3-12H,1-2H3,(H,23,24,25). The highest BCUT2D eigenvalue weighted by atomic mass is 16.6. The average molecular weight is 387 g/mol. The second kappa shape index (κ2) is 7.51. The Kier molecular flexibility index (Phi) is 4.74. The van der Waals surface area contributed by atoms with Crippen molar-refractivity contribution in [2.45, 2.75) is 13.8 Å². The Morgan fingerprint density at radius 2 is 1.86 bits per heavy atom. The summed E-state index contributed by atoms with van der Waals surface area (Å²) in [5.74, 6) is 0.276. The number of anilines is 2. The van der Waals surface area contributed by atoms with Gasteiger partial charge in [-0.05, 0) is 37.6 Å². The molecule has 0 amide bonds. The number of aromatic nitrogens is 3. The summed E-state index contributed by atoms with van der Waals surface area (Å²) in [6.45, 7) is 3.90. The monoisotopic (exact) mass is 387 g/mol. The van der Waals surface area contributed by atoms with Crippen LogP contribution in [0.15, 0.2) is 61.1 Å². The smallest absolute Gasteiger partial charge is 0.373 e. The van der Waals surface area contributed by atoms with Gasteiger partial charge < -0.3 is 10.1 Å². The number of pyridine rings is 1. The third kappa shape index (κ3) is 3.68. The molecule has 0 atom stereocenters. The SMILES string of the molecule is Cc1ccc(Nc2ncnc(Oc3cccc4cccnc34)c2[N+](=O)[O-])c(C)c1. The van der Waals surface area contributed by atoms with Crippen molar-refractivity contribution in [3.05, 3.63) is 82.3 Å². The fraction of sp³-hybridized carbons (Fsp3) is 0.0952. The predicted octanol–water partition coefficient (Wildman–Crippen LogP) is 5.09. The molecule has 0 aliphatic rings. The summed E-state index contributed by atoms with van der Waals surface area (Å²) in [4.78, 5) is 23.6. The number of nitrogens with zero attached hydrogens (tertiary/aromatic N) is 4. The maximum Gasteiger partial charge on any atom is 0.373 e. The molecule has 8 heteroatoms. The van der Waals surface area contributed by atoms with Crippen molar-refractivity contribution in [1.29, 1.82) is 0 Å². The number of aryl methyl sites for hydroxylation is 2. The van der Waals surface area contributed by atoms with E-state index in [1.165, 1.54) is 6.33 Å². The molecule has 144 valence electrons. The Labute approximate surface area is 166 Å². The van der Waals surface area contributed by atoms with E-state index in [1.807, 2.05) is 50.2 Å². The number of ether oxygens (including phenoxy) is 1. The van der Waals surface area contributed by atoms with Crippen molar-refractivity contribution in [2.24, 2.45) is 0 Å². The van der Waals surface area contributed by atoms with E-state index >= 15 is 0 Å². The van der Waals surface area contributed by atoms with Gasteiger partial charge in [0.1, 0.15) is 11.8 Å². The lowest BCUT2D eigenvalue weighted by molar-refractivity contribution is -0.385. The van der Waals surface area contributed by atoms with Gasteiger partial charge >= 0.3 is 11.6 Å². The molecule has 1 N–H and O–H groups in total. The van der Waals surface area contributed by atoms with Crippen LogP contribution < -0.4 is 10.1 Å². The molecule has 0 fully saturated rings. The first kappa shape index (κ1) is 18.3. The van der Waals surface area contributed by atoms with E-state index in [1.54, 1.807) is 18.3 Å². The second-order valence-electron chi connectivity index (χ2n) is 6.51. The molecule has 8 nitrogen and oxygen atoms in total. The van der Waals surface area contributed by atoms with E-state index in [0.717, 1.165) is 22.2 Å². The van der Waals surface area contributed by atoms with Crippen LogP contribution in [-0.2, 0) is 0 Å². The van der Waals surface area contributed by atoms with Gasteiger partial charge in [0, 0.05) is 17.3 Å². The van der Waals surface area contributed by atoms with Crippen LogP contribution in [0.5, 0.6) is 11.6 Å². The zero-order valence-corrected chi connectivity index (χ0v) is 15.8. The number of para-hydroxylation sites is 1. The van der Waals surface area contributed by atoms with Crippen molar-refractivity contribution in [3.63, 3.8) is 0 Å². The number of nitrogens with one attached hydrogen (secondary N) is 1. The predicted molar refractivity (Wildman–Crippen MR) is 110 cm³/mol. The number of hydrogen-bond donors (Lipinski definition) is 1. The molecule has 4 rings (SSSR count). The molecule has 29 heavy (non-hydrogen) atoms. The van der Waals surface area contributed by atoms with Gasteiger partial charge in [0.15, 0.2) is 5.75 Å². The van der Waals surface area contributed by atoms with Crippen LogP contribution in [0.25, 0.3) is 10.9 Å². The Morgan fingerprint density at radius 3 is 2.66 bits per heavy atom. The Hall–Kier alpha value is -4.07. The molecule has 2 aromatic heterocycles. The highest BCUT2D eigenvalue weighted by Gasteiger charge is 2.26. The summed E-state index contributed by atoms with van der Waals surface area (Å²) >= 11 is 0. The molecule has 0 radical (unpaired) electrons. The zero-order valence-electron chi connectivity index (χ0n) is 15.8. The van der Waals surface area contributed by atoms with Crippen LogP contribution in [0.1, 0.15) is 11.1 Å². The minimum Gasteiger partial charge on any atom is -0.431 e. The third-order valence-electron chi connectivity index (χ3n) is 4.41. The maximum absolute atomic E-state index is 11.8. The summed E-state index contributed by atoms with van der Waals surface area (Å²) in [5.41, 5.74) is 3.00. The van der Waals surface area contributed by atoms with Crippen LogP contribution in [0.3, 0.4) is 0 Å². The normalized spacial score (nSPS) is 10.7. The molecule has 0 aliphatic heterocycles. The highest BCUT2D eigenvalue weighted by molar-refractivity contribution is 5.84. The molecule has 0 saturated carbocycles. The van der Waals surface area contributed by atoms with Crippen LogP contribution in [-0.4, -0.2) is 19.9 Å². The van der Waals surface area contributed by atoms with Crippen molar-refractivity contribution in [1.82, 2.24) is 15.0 Å². The number of nitro groups is 1. The molecule has 4 aromatic rings. The summed E-state index contributed by atoms with van der Waals surface area (Å²) < 4.78 is 5.82. The number of benzene rings is 2. The van der Waals surface area contributed by atoms with Crippen molar-refractivity contribution < 1.29 is 9.66 Å². The quantitative estimate of drug-likeness (QED) is 0.376. The van der Waals surface area contributed by atoms with Gasteiger partial charge in [-0.25, -0.2) is 4.98 Å². The highest BCUT2D eigenvalue weighted by Crippen LogP contribution is 2.37. The number of hydrogen-bond acceptors (Lipinski definition) is 7. The number of fused-ring (bicyclic) bond motifs is 1. The van der Waals surface area contributed by atoms with Gasteiger partial charge in [0.05, 0.1) is 4.92 Å². The molecule has 0 bridgehead atoms. The molecule has 0 unspecified atom stereocenters. The average Bonchev–Trinajstić information content (AvgIpc) is 2.70. The molecular formula is C21H17N5O3. The Bertz CT molecular complexity index is 1220. The van der Waals surface area contributed by atoms with Gasteiger partial charge in [-0.2, -0.15) is 4.98 Å². The van der Waals surface area contributed by atoms with E-state index in [0.29, 0.717) is 11.3 Å². The van der Waals surface area contributed by atoms with Crippen molar-refractivity contribution >= 4 is 28.1 Å². The second-order valence-corrected chi connectivity index (χ2v) is 6.51. The van der Waals surface area contributed by atoms with Gasteiger partial charge in [0.25, 0.3) is 0 Å². The minimum absolute atomic E-state index is 0.0557. The number of rotatable bonds is 5. The fourth-order valence-corrected chi connectivity index (χ4v) is 3.04. The molecular weight excluding hydrogens is 370 g/mol. The largest absolute Gasteiger partial charge is 0.431 e. The van der Waals surface area contributed by atoms with Crippen LogP contribution >= 0.6 is 0 Å². The molecule has 2 aromatic carbocycles. The summed E-state index contributed by atoms with van der Waals surface area (Å²) in [6.07, 6.45) is 2.86. The van der Waals surface area contributed by atoms with E-state index in [2.05, 4.69) is 20.3 Å². The van der Waals surface area contributed by atoms with Crippen LogP contribution in [0.2, 0.25) is 0 Å². The topological polar surface area (TPSA) is 103 Å². The Balaban J connectivity index is 1.76. The van der Waals surface area contributed by atoms with Gasteiger partial charge in [-0.1, -0.05) is 35.9 Å². The first-order valence-corrected chi connectivity index (χ1v) is 8.88. The lowest BCUT2D eigenvalue weighted by Gasteiger charge is -2.12. The van der Waals surface area contributed by atoms with Crippen molar-refractivity contribution in [3.8, 4) is 11.6 Å². The van der Waals surface area contributed by atoms with E-state index < -0.39 is 4.92 Å². The minimum atomic E-state index is -0.556. The van der Waals surface area contributed by atoms with Crippen LogP contribution in [0, 0.1) is 24.0 Å².